The van der Waals surface area contributed by atoms with E-state index in [1.54, 1.807) is 29.3 Å². The van der Waals surface area contributed by atoms with E-state index in [-0.39, 0.29) is 11.6 Å². The van der Waals surface area contributed by atoms with E-state index in [1.165, 1.54) is 11.3 Å². The summed E-state index contributed by atoms with van der Waals surface area (Å²) in [5.41, 5.74) is 6.43. The monoisotopic (exact) mass is 307 g/mol. The summed E-state index contributed by atoms with van der Waals surface area (Å²) < 4.78 is 0.698. The van der Waals surface area contributed by atoms with Crippen molar-refractivity contribution in [3.8, 4) is 0 Å². The Labute approximate surface area is 126 Å². The first-order valence-electron chi connectivity index (χ1n) is 5.96. The molecule has 20 heavy (non-hydrogen) atoms. The maximum absolute atomic E-state index is 12.5. The number of nitrogen functional groups attached to an aromatic ring is 1. The highest BCUT2D eigenvalue weighted by Gasteiger charge is 2.19. The van der Waals surface area contributed by atoms with E-state index in [0.29, 0.717) is 23.1 Å². The quantitative estimate of drug-likeness (QED) is 0.863. The molecule has 0 saturated heterocycles. The van der Waals surface area contributed by atoms with Crippen molar-refractivity contribution >= 4 is 34.5 Å². The van der Waals surface area contributed by atoms with Gasteiger partial charge in [0.15, 0.2) is 5.69 Å². The number of hydrogen-bond acceptors (Lipinski definition) is 4. The van der Waals surface area contributed by atoms with E-state index in [4.69, 9.17) is 17.3 Å². The average Bonchev–Trinajstić information content (AvgIpc) is 2.83. The molecule has 0 aliphatic carbocycles. The highest BCUT2D eigenvalue weighted by atomic mass is 35.5. The maximum Gasteiger partial charge on any atom is 0.275 e. The summed E-state index contributed by atoms with van der Waals surface area (Å²) in [6, 6.07) is 7.07. The molecule has 2 rings (SSSR count). The summed E-state index contributed by atoms with van der Waals surface area (Å²) in [4.78, 5) is 19.2. The van der Waals surface area contributed by atoms with E-state index >= 15 is 0 Å². The summed E-state index contributed by atoms with van der Waals surface area (Å²) in [5, 5.41) is 0. The number of rotatable bonds is 5. The molecule has 0 spiro atoms. The van der Waals surface area contributed by atoms with Crippen molar-refractivity contribution in [2.24, 2.45) is 0 Å². The van der Waals surface area contributed by atoms with Gasteiger partial charge in [0.1, 0.15) is 0 Å². The van der Waals surface area contributed by atoms with Crippen LogP contribution in [-0.2, 0) is 6.54 Å². The van der Waals surface area contributed by atoms with Gasteiger partial charge in [-0.25, -0.2) is 4.98 Å². The van der Waals surface area contributed by atoms with Crippen LogP contribution in [0.4, 0.5) is 5.69 Å². The van der Waals surface area contributed by atoms with Crippen molar-refractivity contribution < 1.29 is 4.79 Å². The van der Waals surface area contributed by atoms with Gasteiger partial charge in [0, 0.05) is 17.6 Å². The zero-order valence-corrected chi connectivity index (χ0v) is 12.3. The number of amides is 1. The lowest BCUT2D eigenvalue weighted by Gasteiger charge is -2.20. The second kappa shape index (κ2) is 6.54. The summed E-state index contributed by atoms with van der Waals surface area (Å²) in [6.45, 7) is 4.56. The Morgan fingerprint density at radius 2 is 2.30 bits per heavy atom. The third-order valence-electron chi connectivity index (χ3n) is 2.65. The van der Waals surface area contributed by atoms with Gasteiger partial charge in [-0.15, -0.1) is 17.9 Å². The SMILES string of the molecule is C=CCN(Cc1ccc(Cl)s1)C(=O)c1ncccc1N. The second-order valence-electron chi connectivity index (χ2n) is 4.12. The molecule has 0 aliphatic rings. The van der Waals surface area contributed by atoms with Gasteiger partial charge in [0.2, 0.25) is 0 Å². The Balaban J connectivity index is 2.22. The molecule has 2 heterocycles. The number of hydrogen-bond donors (Lipinski definition) is 1. The van der Waals surface area contributed by atoms with Crippen LogP contribution in [0.1, 0.15) is 15.4 Å². The van der Waals surface area contributed by atoms with Crippen molar-refractivity contribution in [2.75, 3.05) is 12.3 Å². The zero-order valence-electron chi connectivity index (χ0n) is 10.8. The molecule has 0 radical (unpaired) electrons. The van der Waals surface area contributed by atoms with E-state index in [9.17, 15) is 4.79 Å². The zero-order chi connectivity index (χ0) is 14.5. The van der Waals surface area contributed by atoms with Gasteiger partial charge in [-0.3, -0.25) is 4.79 Å². The average molecular weight is 308 g/mol. The molecule has 2 aromatic rings. The number of halogens is 1. The number of aromatic nitrogens is 1. The number of nitrogens with zero attached hydrogens (tertiary/aromatic N) is 2. The molecule has 2 N–H and O–H groups in total. The molecule has 0 atom stereocenters. The minimum absolute atomic E-state index is 0.215. The van der Waals surface area contributed by atoms with Crippen LogP contribution in [0.15, 0.2) is 43.1 Å². The molecule has 6 heteroatoms. The number of nitrogens with two attached hydrogens (primary N) is 1. The van der Waals surface area contributed by atoms with Crippen molar-refractivity contribution in [2.45, 2.75) is 6.54 Å². The van der Waals surface area contributed by atoms with Crippen LogP contribution in [0.25, 0.3) is 0 Å². The summed E-state index contributed by atoms with van der Waals surface area (Å²) >= 11 is 7.35. The Morgan fingerprint density at radius 1 is 1.50 bits per heavy atom. The van der Waals surface area contributed by atoms with E-state index in [0.717, 1.165) is 4.88 Å². The fourth-order valence-electron chi connectivity index (χ4n) is 1.75. The van der Waals surface area contributed by atoms with Crippen LogP contribution in [-0.4, -0.2) is 22.3 Å². The third kappa shape index (κ3) is 3.37. The number of carbonyl (C=O) groups is 1. The molecule has 0 aliphatic heterocycles. The molecular weight excluding hydrogens is 294 g/mol. The van der Waals surface area contributed by atoms with Crippen molar-refractivity contribution in [1.82, 2.24) is 9.88 Å². The van der Waals surface area contributed by atoms with Crippen LogP contribution in [0.3, 0.4) is 0 Å². The van der Waals surface area contributed by atoms with E-state index < -0.39 is 0 Å². The summed E-state index contributed by atoms with van der Waals surface area (Å²) in [7, 11) is 0. The molecule has 0 unspecified atom stereocenters. The standard InChI is InChI=1S/C14H14ClN3OS/c1-2-8-18(9-10-5-6-12(15)20-10)14(19)13-11(16)4-3-7-17-13/h2-7H,1,8-9,16H2. The van der Waals surface area contributed by atoms with E-state index in [2.05, 4.69) is 11.6 Å². The lowest BCUT2D eigenvalue weighted by Crippen LogP contribution is -2.31. The predicted octanol–water partition coefficient (Wildman–Crippen LogP) is 3.21. The summed E-state index contributed by atoms with van der Waals surface area (Å²) in [5.74, 6) is -0.215. The maximum atomic E-state index is 12.5. The highest BCUT2D eigenvalue weighted by molar-refractivity contribution is 7.16. The van der Waals surface area contributed by atoms with Gasteiger partial charge in [-0.05, 0) is 24.3 Å². The van der Waals surface area contributed by atoms with Crippen LogP contribution < -0.4 is 5.73 Å². The van der Waals surface area contributed by atoms with Crippen LogP contribution in [0.2, 0.25) is 4.34 Å². The summed E-state index contributed by atoms with van der Waals surface area (Å²) in [6.07, 6.45) is 3.23. The fraction of sp³-hybridized carbons (Fsp3) is 0.143. The molecule has 2 aromatic heterocycles. The second-order valence-corrected chi connectivity index (χ2v) is 5.92. The van der Waals surface area contributed by atoms with Gasteiger partial charge in [0.25, 0.3) is 5.91 Å². The van der Waals surface area contributed by atoms with Crippen molar-refractivity contribution in [1.29, 1.82) is 0 Å². The number of pyridine rings is 1. The lowest BCUT2D eigenvalue weighted by atomic mass is 10.2. The largest absolute Gasteiger partial charge is 0.397 e. The van der Waals surface area contributed by atoms with E-state index in [1.807, 2.05) is 12.1 Å². The van der Waals surface area contributed by atoms with Gasteiger partial charge in [-0.1, -0.05) is 17.7 Å². The minimum atomic E-state index is -0.215. The molecule has 1 amide bonds. The normalized spacial score (nSPS) is 10.2. The van der Waals surface area contributed by atoms with Crippen LogP contribution >= 0.6 is 22.9 Å². The van der Waals surface area contributed by atoms with Crippen LogP contribution in [0, 0.1) is 0 Å². The first-order valence-corrected chi connectivity index (χ1v) is 7.16. The molecule has 0 saturated carbocycles. The molecular formula is C14H14ClN3OS. The van der Waals surface area contributed by atoms with Crippen molar-refractivity contribution in [3.63, 3.8) is 0 Å². The highest BCUT2D eigenvalue weighted by Crippen LogP contribution is 2.23. The molecule has 0 bridgehead atoms. The fourth-order valence-corrected chi connectivity index (χ4v) is 2.85. The van der Waals surface area contributed by atoms with Crippen molar-refractivity contribution in [3.05, 3.63) is 58.0 Å². The number of anilines is 1. The predicted molar refractivity (Wildman–Crippen MR) is 82.9 cm³/mol. The molecule has 104 valence electrons. The minimum Gasteiger partial charge on any atom is -0.397 e. The smallest absolute Gasteiger partial charge is 0.275 e. The third-order valence-corrected chi connectivity index (χ3v) is 3.87. The lowest BCUT2D eigenvalue weighted by molar-refractivity contribution is 0.0759. The van der Waals surface area contributed by atoms with Gasteiger partial charge >= 0.3 is 0 Å². The van der Waals surface area contributed by atoms with Gasteiger partial charge in [-0.2, -0.15) is 0 Å². The number of thiophene rings is 1. The number of carbonyl (C=O) groups excluding carboxylic acids is 1. The Hall–Kier alpha value is -1.85. The Kier molecular flexibility index (Phi) is 4.76. The first-order chi connectivity index (χ1) is 9.61. The molecule has 4 nitrogen and oxygen atoms in total. The van der Waals surface area contributed by atoms with Gasteiger partial charge in [0.05, 0.1) is 16.6 Å². The van der Waals surface area contributed by atoms with Crippen LogP contribution in [0.5, 0.6) is 0 Å². The van der Waals surface area contributed by atoms with Gasteiger partial charge < -0.3 is 10.6 Å². The molecule has 0 aromatic carbocycles. The first kappa shape index (κ1) is 14.6. The Morgan fingerprint density at radius 3 is 2.90 bits per heavy atom. The topological polar surface area (TPSA) is 59.2 Å². The molecule has 0 fully saturated rings. The Bertz CT molecular complexity index is 626.